The number of hydrogen-bond donors (Lipinski definition) is 1. The molecule has 1 aliphatic rings. The van der Waals surface area contributed by atoms with Gasteiger partial charge in [-0.3, -0.25) is 23.6 Å². The van der Waals surface area contributed by atoms with Crippen LogP contribution in [0.5, 0.6) is 0 Å². The zero-order chi connectivity index (χ0) is 27.3. The number of anilines is 1. The predicted octanol–water partition coefficient (Wildman–Crippen LogP) is 4.75. The number of hydrogen-bond acceptors (Lipinski definition) is 5. The molecule has 0 fully saturated rings. The minimum Gasteiger partial charge on any atom is -0.318 e. The Kier molecular flexibility index (Phi) is 6.31. The molecule has 0 spiro atoms. The summed E-state index contributed by atoms with van der Waals surface area (Å²) in [7, 11) is 1.78. The van der Waals surface area contributed by atoms with E-state index in [1.54, 1.807) is 30.0 Å². The molecule has 0 unspecified atom stereocenters. The van der Waals surface area contributed by atoms with Gasteiger partial charge in [-0.2, -0.15) is 0 Å². The van der Waals surface area contributed by atoms with Crippen molar-refractivity contribution in [3.05, 3.63) is 97.0 Å². The van der Waals surface area contributed by atoms with E-state index in [0.29, 0.717) is 22.6 Å². The molecule has 2 aromatic carbocycles. The molecule has 0 bridgehead atoms. The van der Waals surface area contributed by atoms with E-state index in [1.807, 2.05) is 61.5 Å². The summed E-state index contributed by atoms with van der Waals surface area (Å²) in [6, 6.07) is 17.0. The number of carbonyl (C=O) groups is 1. The molecule has 1 N–H and O–H groups in total. The Labute approximate surface area is 229 Å². The van der Waals surface area contributed by atoms with E-state index < -0.39 is 5.91 Å². The number of thiophene rings is 1. The van der Waals surface area contributed by atoms with E-state index in [1.165, 1.54) is 14.1 Å². The predicted molar refractivity (Wildman–Crippen MR) is 155 cm³/mol. The standard InChI is InChI=1S/C30H29N5O3S/c1-18-10-9-11-20(16-18)27-32-28-25(22-14-7-8-15-23(22)39-28)29(37)34(27)17-24(36)31-26-19(2)33(3)35(30(26)38)21-12-5-4-6-13-21/h4-6,9-13,16H,7-8,14-15,17H2,1-3H3,(H,31,36). The molecule has 0 aliphatic heterocycles. The molecule has 0 radical (unpaired) electrons. The molecule has 1 aliphatic carbocycles. The maximum absolute atomic E-state index is 14.0. The maximum atomic E-state index is 14.0. The number of rotatable bonds is 5. The first-order valence-electron chi connectivity index (χ1n) is 13.1. The summed E-state index contributed by atoms with van der Waals surface area (Å²) in [5.74, 6) is -0.00121. The van der Waals surface area contributed by atoms with Crippen molar-refractivity contribution in [3.63, 3.8) is 0 Å². The molecule has 3 aromatic heterocycles. The second kappa shape index (κ2) is 9.81. The first-order valence-corrected chi connectivity index (χ1v) is 13.9. The van der Waals surface area contributed by atoms with Gasteiger partial charge in [0.15, 0.2) is 0 Å². The number of nitrogens with zero attached hydrogens (tertiary/aromatic N) is 4. The molecule has 5 aromatic rings. The lowest BCUT2D eigenvalue weighted by atomic mass is 9.97. The van der Waals surface area contributed by atoms with E-state index in [9.17, 15) is 14.4 Å². The van der Waals surface area contributed by atoms with Gasteiger partial charge in [0, 0.05) is 17.5 Å². The largest absolute Gasteiger partial charge is 0.318 e. The van der Waals surface area contributed by atoms with Crippen LogP contribution in [0.25, 0.3) is 27.3 Å². The van der Waals surface area contributed by atoms with Crippen LogP contribution in [0.1, 0.15) is 34.5 Å². The summed E-state index contributed by atoms with van der Waals surface area (Å²) < 4.78 is 4.69. The zero-order valence-electron chi connectivity index (χ0n) is 22.2. The summed E-state index contributed by atoms with van der Waals surface area (Å²) in [5.41, 5.74) is 3.85. The second-order valence-electron chi connectivity index (χ2n) is 10.1. The lowest BCUT2D eigenvalue weighted by Crippen LogP contribution is -2.31. The summed E-state index contributed by atoms with van der Waals surface area (Å²) in [5, 5.41) is 3.43. The lowest BCUT2D eigenvalue weighted by Gasteiger charge is -2.14. The highest BCUT2D eigenvalue weighted by Gasteiger charge is 2.24. The molecule has 0 saturated carbocycles. The average molecular weight is 540 g/mol. The number of amides is 1. The van der Waals surface area contributed by atoms with Crippen molar-refractivity contribution in [3.8, 4) is 17.1 Å². The van der Waals surface area contributed by atoms with Crippen LogP contribution in [-0.2, 0) is 31.2 Å². The van der Waals surface area contributed by atoms with Crippen molar-refractivity contribution in [1.82, 2.24) is 18.9 Å². The number of fused-ring (bicyclic) bond motifs is 3. The van der Waals surface area contributed by atoms with Gasteiger partial charge in [0.1, 0.15) is 22.9 Å². The highest BCUT2D eigenvalue weighted by molar-refractivity contribution is 7.18. The van der Waals surface area contributed by atoms with Gasteiger partial charge >= 0.3 is 0 Å². The molecule has 198 valence electrons. The van der Waals surface area contributed by atoms with Crippen molar-refractivity contribution in [2.45, 2.75) is 46.1 Å². The fourth-order valence-electron chi connectivity index (χ4n) is 5.42. The van der Waals surface area contributed by atoms with Gasteiger partial charge in [0.25, 0.3) is 11.1 Å². The number of aromatic nitrogens is 4. The van der Waals surface area contributed by atoms with Crippen molar-refractivity contribution in [2.75, 3.05) is 5.32 Å². The van der Waals surface area contributed by atoms with Crippen molar-refractivity contribution in [1.29, 1.82) is 0 Å². The first kappa shape index (κ1) is 25.1. The Morgan fingerprint density at radius 2 is 1.77 bits per heavy atom. The smallest absolute Gasteiger partial charge is 0.295 e. The van der Waals surface area contributed by atoms with Crippen LogP contribution in [0.4, 0.5) is 5.69 Å². The molecular weight excluding hydrogens is 510 g/mol. The Hall–Kier alpha value is -4.24. The minimum absolute atomic E-state index is 0.193. The van der Waals surface area contributed by atoms with Gasteiger partial charge < -0.3 is 5.32 Å². The van der Waals surface area contributed by atoms with Crippen LogP contribution >= 0.6 is 11.3 Å². The normalized spacial score (nSPS) is 13.0. The fourth-order valence-corrected chi connectivity index (χ4v) is 6.68. The molecule has 6 rings (SSSR count). The molecule has 0 atom stereocenters. The molecular formula is C30H29N5O3S. The summed E-state index contributed by atoms with van der Waals surface area (Å²) in [6.07, 6.45) is 3.96. The SMILES string of the molecule is Cc1cccc(-c2nc3sc4c(c3c(=O)n2CC(=O)Nc2c(C)n(C)n(-c3ccccc3)c2=O)CCCC4)c1. The van der Waals surface area contributed by atoms with Gasteiger partial charge in [-0.25, -0.2) is 9.67 Å². The van der Waals surface area contributed by atoms with Gasteiger partial charge in [0.2, 0.25) is 5.91 Å². The molecule has 39 heavy (non-hydrogen) atoms. The maximum Gasteiger partial charge on any atom is 0.295 e. The molecule has 8 nitrogen and oxygen atoms in total. The lowest BCUT2D eigenvalue weighted by molar-refractivity contribution is -0.116. The Bertz CT molecular complexity index is 1860. The summed E-state index contributed by atoms with van der Waals surface area (Å²) >= 11 is 1.59. The molecule has 0 saturated heterocycles. The third-order valence-electron chi connectivity index (χ3n) is 7.47. The number of benzene rings is 2. The van der Waals surface area contributed by atoms with Crippen molar-refractivity contribution < 1.29 is 4.79 Å². The highest BCUT2D eigenvalue weighted by Crippen LogP contribution is 2.35. The number of nitrogens with one attached hydrogen (secondary N) is 1. The number of para-hydroxylation sites is 1. The number of carbonyl (C=O) groups excluding carboxylic acids is 1. The Balaban J connectivity index is 1.43. The van der Waals surface area contributed by atoms with Crippen LogP contribution in [0, 0.1) is 13.8 Å². The van der Waals surface area contributed by atoms with Crippen LogP contribution in [0.15, 0.2) is 64.2 Å². The molecule has 9 heteroatoms. The van der Waals surface area contributed by atoms with Gasteiger partial charge in [-0.05, 0) is 63.3 Å². The monoisotopic (exact) mass is 539 g/mol. The first-order chi connectivity index (χ1) is 18.8. The van der Waals surface area contributed by atoms with E-state index in [2.05, 4.69) is 5.32 Å². The molecule has 1 amide bonds. The minimum atomic E-state index is -0.456. The summed E-state index contributed by atoms with van der Waals surface area (Å²) in [4.78, 5) is 47.7. The van der Waals surface area contributed by atoms with Crippen LogP contribution in [0.2, 0.25) is 0 Å². The zero-order valence-corrected chi connectivity index (χ0v) is 23.0. The van der Waals surface area contributed by atoms with Gasteiger partial charge in [-0.1, -0.05) is 42.0 Å². The quantitative estimate of drug-likeness (QED) is 0.349. The van der Waals surface area contributed by atoms with Gasteiger partial charge in [0.05, 0.1) is 16.8 Å². The second-order valence-corrected chi connectivity index (χ2v) is 11.2. The van der Waals surface area contributed by atoms with E-state index >= 15 is 0 Å². The average Bonchev–Trinajstić information content (AvgIpc) is 3.41. The van der Waals surface area contributed by atoms with Crippen LogP contribution in [0.3, 0.4) is 0 Å². The van der Waals surface area contributed by atoms with E-state index in [-0.39, 0.29) is 23.4 Å². The van der Waals surface area contributed by atoms with Crippen molar-refractivity contribution >= 4 is 33.1 Å². The Morgan fingerprint density at radius 3 is 2.54 bits per heavy atom. The van der Waals surface area contributed by atoms with Gasteiger partial charge in [-0.15, -0.1) is 11.3 Å². The highest BCUT2D eigenvalue weighted by atomic mass is 32.1. The van der Waals surface area contributed by atoms with E-state index in [0.717, 1.165) is 47.2 Å². The summed E-state index contributed by atoms with van der Waals surface area (Å²) in [6.45, 7) is 3.51. The number of aryl methyl sites for hydroxylation is 3. The topological polar surface area (TPSA) is 90.9 Å². The van der Waals surface area contributed by atoms with E-state index in [4.69, 9.17) is 4.98 Å². The van der Waals surface area contributed by atoms with Crippen LogP contribution in [-0.4, -0.2) is 24.8 Å². The van der Waals surface area contributed by atoms with Crippen LogP contribution < -0.4 is 16.4 Å². The van der Waals surface area contributed by atoms with Crippen molar-refractivity contribution in [2.24, 2.45) is 7.05 Å². The molecule has 3 heterocycles. The third-order valence-corrected chi connectivity index (χ3v) is 8.66. The Morgan fingerprint density at radius 1 is 1.00 bits per heavy atom. The fraction of sp³-hybridized carbons (Fsp3) is 0.267. The third kappa shape index (κ3) is 4.32.